The van der Waals surface area contributed by atoms with Crippen molar-refractivity contribution in [2.75, 3.05) is 14.1 Å². The van der Waals surface area contributed by atoms with E-state index in [-0.39, 0.29) is 12.1 Å². The molecule has 1 aliphatic carbocycles. The van der Waals surface area contributed by atoms with Crippen LogP contribution in [0.15, 0.2) is 4.99 Å². The number of hydrazine groups is 1. The van der Waals surface area contributed by atoms with Crippen LogP contribution in [0.3, 0.4) is 0 Å². The Bertz CT molecular complexity index is 368. The molecule has 0 aromatic carbocycles. The molecule has 7 heteroatoms. The summed E-state index contributed by atoms with van der Waals surface area (Å²) in [4.78, 5) is 15.8. The Morgan fingerprint density at radius 1 is 1.19 bits per heavy atom. The minimum atomic E-state index is -0.457. The highest BCUT2D eigenvalue weighted by Gasteiger charge is 2.25. The lowest BCUT2D eigenvalue weighted by atomic mass is 9.91. The number of hydrogen-bond donors (Lipinski definition) is 3. The van der Waals surface area contributed by atoms with Crippen LogP contribution in [0.5, 0.6) is 0 Å². The number of guanidine groups is 1. The van der Waals surface area contributed by atoms with Gasteiger partial charge < -0.3 is 15.4 Å². The van der Waals surface area contributed by atoms with E-state index in [9.17, 15) is 4.79 Å². The van der Waals surface area contributed by atoms with Crippen LogP contribution in [0.2, 0.25) is 0 Å². The second-order valence-electron chi connectivity index (χ2n) is 6.50. The fourth-order valence-corrected chi connectivity index (χ4v) is 2.36. The molecule has 7 nitrogen and oxygen atoms in total. The summed E-state index contributed by atoms with van der Waals surface area (Å²) in [6.45, 7) is 5.59. The zero-order valence-electron chi connectivity index (χ0n) is 13.8. The minimum absolute atomic E-state index is 0.176. The fourth-order valence-electron chi connectivity index (χ4n) is 2.36. The molecule has 0 aromatic heterocycles. The third-order valence-electron chi connectivity index (χ3n) is 3.33. The molecule has 1 saturated carbocycles. The van der Waals surface area contributed by atoms with E-state index >= 15 is 0 Å². The van der Waals surface area contributed by atoms with Gasteiger partial charge in [0.2, 0.25) is 5.96 Å². The summed E-state index contributed by atoms with van der Waals surface area (Å²) < 4.78 is 5.27. The van der Waals surface area contributed by atoms with Gasteiger partial charge in [-0.1, -0.05) is 0 Å². The first-order chi connectivity index (χ1) is 9.71. The number of carbonyl (C=O) groups is 1. The molecule has 1 fully saturated rings. The van der Waals surface area contributed by atoms with Crippen molar-refractivity contribution in [2.45, 2.75) is 64.1 Å². The topological polar surface area (TPSA) is 92.0 Å². The molecule has 0 bridgehead atoms. The Morgan fingerprint density at radius 3 is 2.05 bits per heavy atom. The predicted molar refractivity (Wildman–Crippen MR) is 83.9 cm³/mol. The van der Waals surface area contributed by atoms with Gasteiger partial charge >= 0.3 is 6.09 Å². The van der Waals surface area contributed by atoms with Gasteiger partial charge in [0.1, 0.15) is 5.60 Å². The average Bonchev–Trinajstić information content (AvgIpc) is 2.35. The van der Waals surface area contributed by atoms with Crippen LogP contribution in [-0.4, -0.2) is 48.8 Å². The van der Waals surface area contributed by atoms with Gasteiger partial charge in [0.15, 0.2) is 0 Å². The number of nitrogens with one attached hydrogen (secondary N) is 2. The van der Waals surface area contributed by atoms with Gasteiger partial charge in [0.05, 0.1) is 0 Å². The van der Waals surface area contributed by atoms with Gasteiger partial charge in [0.25, 0.3) is 0 Å². The zero-order valence-corrected chi connectivity index (χ0v) is 13.8. The fraction of sp³-hybridized carbons (Fsp3) is 0.857. The van der Waals surface area contributed by atoms with Gasteiger partial charge in [-0.3, -0.25) is 10.0 Å². The molecular formula is C14H29N5O2. The van der Waals surface area contributed by atoms with E-state index in [1.54, 1.807) is 14.1 Å². The summed E-state index contributed by atoms with van der Waals surface area (Å²) >= 11 is 0. The number of alkyl carbamates (subject to hydrolysis) is 1. The number of nitrogens with two attached hydrogens (primary N) is 1. The highest BCUT2D eigenvalue weighted by atomic mass is 16.6. The zero-order chi connectivity index (χ0) is 16.0. The summed E-state index contributed by atoms with van der Waals surface area (Å²) in [5, 5.41) is 7.73. The number of aliphatic imine (C=N–C) groups is 1. The lowest BCUT2D eigenvalue weighted by Crippen LogP contribution is -2.50. The molecule has 0 spiro atoms. The van der Waals surface area contributed by atoms with Crippen molar-refractivity contribution in [3.8, 4) is 0 Å². The van der Waals surface area contributed by atoms with Crippen LogP contribution < -0.4 is 16.5 Å². The molecule has 0 saturated heterocycles. The largest absolute Gasteiger partial charge is 0.444 e. The Balaban J connectivity index is 2.34. The Kier molecular flexibility index (Phi) is 6.26. The molecule has 1 amide bonds. The van der Waals surface area contributed by atoms with Crippen molar-refractivity contribution in [1.82, 2.24) is 15.6 Å². The van der Waals surface area contributed by atoms with Crippen molar-refractivity contribution in [1.29, 1.82) is 0 Å². The lowest BCUT2D eigenvalue weighted by Gasteiger charge is -2.32. The van der Waals surface area contributed by atoms with Crippen molar-refractivity contribution < 1.29 is 9.53 Å². The van der Waals surface area contributed by atoms with Crippen LogP contribution in [0, 0.1) is 0 Å². The molecule has 122 valence electrons. The van der Waals surface area contributed by atoms with Gasteiger partial charge in [-0.2, -0.15) is 0 Å². The average molecular weight is 299 g/mol. The molecule has 21 heavy (non-hydrogen) atoms. The Labute approximate surface area is 127 Å². The van der Waals surface area contributed by atoms with E-state index in [4.69, 9.17) is 10.6 Å². The molecule has 0 radical (unpaired) electrons. The van der Waals surface area contributed by atoms with Crippen molar-refractivity contribution in [3.05, 3.63) is 0 Å². The third-order valence-corrected chi connectivity index (χ3v) is 3.33. The first-order valence-electron chi connectivity index (χ1n) is 7.42. The van der Waals surface area contributed by atoms with E-state index in [0.717, 1.165) is 25.7 Å². The summed E-state index contributed by atoms with van der Waals surface area (Å²) in [6, 6.07) is 0.516. The first-order valence-corrected chi connectivity index (χ1v) is 7.42. The molecule has 1 aliphatic rings. The maximum Gasteiger partial charge on any atom is 0.407 e. The quantitative estimate of drug-likeness (QED) is 0.308. The second kappa shape index (κ2) is 7.49. The molecule has 0 unspecified atom stereocenters. The number of hydrogen-bond acceptors (Lipinski definition) is 4. The summed E-state index contributed by atoms with van der Waals surface area (Å²) in [6.07, 6.45) is 3.43. The number of amides is 1. The Morgan fingerprint density at radius 2 is 1.67 bits per heavy atom. The third kappa shape index (κ3) is 6.66. The van der Waals surface area contributed by atoms with Crippen LogP contribution in [0.1, 0.15) is 46.5 Å². The summed E-state index contributed by atoms with van der Waals surface area (Å²) in [5.74, 6) is 6.36. The van der Waals surface area contributed by atoms with E-state index in [1.807, 2.05) is 20.8 Å². The van der Waals surface area contributed by atoms with Crippen LogP contribution in [0.25, 0.3) is 0 Å². The lowest BCUT2D eigenvalue weighted by molar-refractivity contribution is 0.0490. The summed E-state index contributed by atoms with van der Waals surface area (Å²) in [7, 11) is 3.46. The van der Waals surface area contributed by atoms with Crippen LogP contribution in [0.4, 0.5) is 4.79 Å². The molecule has 1 rings (SSSR count). The standard InChI is InChI=1S/C14H29N5O2/c1-14(2,3)21-13(20)18-11-8-6-10(7-9-11)17-12(16-4)19(5)15/h10-11H,6-9,15H2,1-5H3,(H,16,17)(H,18,20). The second-order valence-corrected chi connectivity index (χ2v) is 6.50. The van der Waals surface area contributed by atoms with Crippen LogP contribution in [-0.2, 0) is 4.74 Å². The number of ether oxygens (including phenoxy) is 1. The minimum Gasteiger partial charge on any atom is -0.444 e. The maximum absolute atomic E-state index is 11.7. The first kappa shape index (κ1) is 17.6. The van der Waals surface area contributed by atoms with Gasteiger partial charge in [-0.25, -0.2) is 10.6 Å². The SMILES string of the molecule is CN=C(NC1CCC(NC(=O)OC(C)(C)C)CC1)N(C)N. The molecule has 0 aliphatic heterocycles. The molecule has 4 N–H and O–H groups in total. The van der Waals surface area contributed by atoms with E-state index < -0.39 is 5.60 Å². The van der Waals surface area contributed by atoms with Crippen molar-refractivity contribution in [3.63, 3.8) is 0 Å². The monoisotopic (exact) mass is 299 g/mol. The number of carbonyl (C=O) groups excluding carboxylic acids is 1. The van der Waals surface area contributed by atoms with Gasteiger partial charge in [-0.15, -0.1) is 0 Å². The molecule has 0 heterocycles. The van der Waals surface area contributed by atoms with E-state index in [2.05, 4.69) is 15.6 Å². The van der Waals surface area contributed by atoms with Crippen LogP contribution >= 0.6 is 0 Å². The van der Waals surface area contributed by atoms with Gasteiger partial charge in [-0.05, 0) is 46.5 Å². The normalized spacial score (nSPS) is 23.4. The highest BCUT2D eigenvalue weighted by molar-refractivity contribution is 5.79. The Hall–Kier alpha value is -1.50. The smallest absolute Gasteiger partial charge is 0.407 e. The van der Waals surface area contributed by atoms with E-state index in [1.165, 1.54) is 5.01 Å². The maximum atomic E-state index is 11.7. The van der Waals surface area contributed by atoms with E-state index in [0.29, 0.717) is 12.0 Å². The van der Waals surface area contributed by atoms with Crippen molar-refractivity contribution >= 4 is 12.1 Å². The van der Waals surface area contributed by atoms with Crippen molar-refractivity contribution in [2.24, 2.45) is 10.8 Å². The summed E-state index contributed by atoms with van der Waals surface area (Å²) in [5.41, 5.74) is -0.457. The number of rotatable bonds is 2. The predicted octanol–water partition coefficient (Wildman–Crippen LogP) is 1.20. The molecular weight excluding hydrogens is 270 g/mol. The molecule has 0 atom stereocenters. The molecule has 0 aromatic rings. The number of nitrogens with zero attached hydrogens (tertiary/aromatic N) is 2. The van der Waals surface area contributed by atoms with Gasteiger partial charge in [0, 0.05) is 26.2 Å². The highest BCUT2D eigenvalue weighted by Crippen LogP contribution is 2.19.